The zero-order valence-corrected chi connectivity index (χ0v) is 14.6. The van der Waals surface area contributed by atoms with E-state index in [2.05, 4.69) is 5.16 Å². The maximum atomic E-state index is 10.4. The number of oxime groups is 1. The Kier molecular flexibility index (Phi) is 6.06. The molecule has 6 heteroatoms. The molecule has 2 aliphatic rings. The standard InChI is InChI=1S/C20H25NO5/c22-15(10-13-4-2-1-3-5-13)7-6-14-11-16-17(20(14)25)12-18(16)21-26-9-8-19(23)24/h1-7,14-17,20,22,25H,8-12H2,(H,23,24)/t14?,15?,16-,17+,20?/m0/s1. The third kappa shape index (κ3) is 4.51. The number of aliphatic hydroxyl groups excluding tert-OH is 2. The first-order valence-corrected chi connectivity index (χ1v) is 9.03. The molecule has 0 heterocycles. The van der Waals surface area contributed by atoms with Gasteiger partial charge in [0, 0.05) is 18.3 Å². The molecular weight excluding hydrogens is 334 g/mol. The Morgan fingerprint density at radius 2 is 2.12 bits per heavy atom. The van der Waals surface area contributed by atoms with Crippen molar-refractivity contribution >= 4 is 11.7 Å². The molecule has 5 atom stereocenters. The molecule has 3 unspecified atom stereocenters. The summed E-state index contributed by atoms with van der Waals surface area (Å²) >= 11 is 0. The minimum Gasteiger partial charge on any atom is -0.481 e. The molecule has 0 saturated heterocycles. The molecule has 2 fully saturated rings. The predicted molar refractivity (Wildman–Crippen MR) is 96.6 cm³/mol. The molecule has 6 nitrogen and oxygen atoms in total. The van der Waals surface area contributed by atoms with Crippen molar-refractivity contribution in [2.75, 3.05) is 6.61 Å². The van der Waals surface area contributed by atoms with Gasteiger partial charge < -0.3 is 20.2 Å². The third-order valence-corrected chi connectivity index (χ3v) is 5.25. The summed E-state index contributed by atoms with van der Waals surface area (Å²) in [5.41, 5.74) is 1.98. The van der Waals surface area contributed by atoms with Crippen LogP contribution >= 0.6 is 0 Å². The van der Waals surface area contributed by atoms with Gasteiger partial charge in [0.15, 0.2) is 0 Å². The third-order valence-electron chi connectivity index (χ3n) is 5.25. The smallest absolute Gasteiger partial charge is 0.306 e. The highest BCUT2D eigenvalue weighted by atomic mass is 16.6. The minimum atomic E-state index is -0.910. The summed E-state index contributed by atoms with van der Waals surface area (Å²) in [6.45, 7) is 0.0633. The van der Waals surface area contributed by atoms with E-state index in [9.17, 15) is 15.0 Å². The molecule has 0 spiro atoms. The zero-order chi connectivity index (χ0) is 18.5. The lowest BCUT2D eigenvalue weighted by atomic mass is 9.73. The number of carboxylic acids is 1. The summed E-state index contributed by atoms with van der Waals surface area (Å²) in [6.07, 6.45) is 4.63. The van der Waals surface area contributed by atoms with Crippen LogP contribution in [-0.4, -0.2) is 45.8 Å². The van der Waals surface area contributed by atoms with Gasteiger partial charge in [-0.3, -0.25) is 4.79 Å². The van der Waals surface area contributed by atoms with Crippen LogP contribution in [0.1, 0.15) is 24.8 Å². The topological polar surface area (TPSA) is 99.4 Å². The van der Waals surface area contributed by atoms with Crippen molar-refractivity contribution in [3.8, 4) is 0 Å². The maximum absolute atomic E-state index is 10.4. The van der Waals surface area contributed by atoms with Gasteiger partial charge in [0.2, 0.25) is 0 Å². The van der Waals surface area contributed by atoms with Crippen LogP contribution in [0.3, 0.4) is 0 Å². The Morgan fingerprint density at radius 3 is 2.85 bits per heavy atom. The number of carbonyl (C=O) groups is 1. The molecule has 0 radical (unpaired) electrons. The van der Waals surface area contributed by atoms with Crippen molar-refractivity contribution in [1.82, 2.24) is 0 Å². The summed E-state index contributed by atoms with van der Waals surface area (Å²) in [7, 11) is 0. The van der Waals surface area contributed by atoms with Crippen LogP contribution in [0.25, 0.3) is 0 Å². The van der Waals surface area contributed by atoms with Gasteiger partial charge in [-0.2, -0.15) is 0 Å². The minimum absolute atomic E-state index is 0.00198. The fourth-order valence-electron chi connectivity index (χ4n) is 3.79. The number of hydrogen-bond donors (Lipinski definition) is 3. The van der Waals surface area contributed by atoms with Crippen LogP contribution in [-0.2, 0) is 16.1 Å². The fraction of sp³-hybridized carbons (Fsp3) is 0.500. The van der Waals surface area contributed by atoms with Gasteiger partial charge in [0.25, 0.3) is 0 Å². The van der Waals surface area contributed by atoms with Gasteiger partial charge in [-0.25, -0.2) is 0 Å². The molecule has 1 aromatic carbocycles. The lowest BCUT2D eigenvalue weighted by Crippen LogP contribution is -2.38. The molecule has 0 bridgehead atoms. The van der Waals surface area contributed by atoms with Crippen LogP contribution in [0.4, 0.5) is 0 Å². The number of nitrogens with zero attached hydrogens (tertiary/aromatic N) is 1. The van der Waals surface area contributed by atoms with E-state index in [1.165, 1.54) is 0 Å². The van der Waals surface area contributed by atoms with Gasteiger partial charge in [-0.05, 0) is 24.3 Å². The van der Waals surface area contributed by atoms with Crippen molar-refractivity contribution in [2.24, 2.45) is 22.9 Å². The fourth-order valence-corrected chi connectivity index (χ4v) is 3.79. The van der Waals surface area contributed by atoms with Crippen LogP contribution in [0.2, 0.25) is 0 Å². The molecule has 26 heavy (non-hydrogen) atoms. The zero-order valence-electron chi connectivity index (χ0n) is 14.6. The van der Waals surface area contributed by atoms with Gasteiger partial charge in [-0.1, -0.05) is 47.6 Å². The summed E-state index contributed by atoms with van der Waals surface area (Å²) in [4.78, 5) is 15.5. The molecule has 3 rings (SSSR count). The summed E-state index contributed by atoms with van der Waals surface area (Å²) in [5.74, 6) is -0.539. The normalized spacial score (nSPS) is 30.2. The molecule has 140 valence electrons. The molecule has 0 aromatic heterocycles. The van der Waals surface area contributed by atoms with E-state index < -0.39 is 18.2 Å². The Bertz CT molecular complexity index is 672. The second kappa shape index (κ2) is 8.47. The SMILES string of the molecule is O=C(O)CCON=C1C[C@H]2C(O)C(C=CC(O)Cc3ccccc3)C[C@H]12. The van der Waals surface area contributed by atoms with Gasteiger partial charge in [0.1, 0.15) is 6.61 Å². The lowest BCUT2D eigenvalue weighted by molar-refractivity contribution is -0.138. The van der Waals surface area contributed by atoms with Crippen molar-refractivity contribution in [1.29, 1.82) is 0 Å². The van der Waals surface area contributed by atoms with Gasteiger partial charge in [-0.15, -0.1) is 0 Å². The number of rotatable bonds is 8. The van der Waals surface area contributed by atoms with E-state index in [1.807, 2.05) is 36.4 Å². The quantitative estimate of drug-likeness (QED) is 0.375. The number of aliphatic carboxylic acids is 1. The van der Waals surface area contributed by atoms with Crippen LogP contribution < -0.4 is 0 Å². The van der Waals surface area contributed by atoms with Crippen molar-refractivity contribution in [2.45, 2.75) is 37.9 Å². The maximum Gasteiger partial charge on any atom is 0.306 e. The van der Waals surface area contributed by atoms with Crippen molar-refractivity contribution in [3.05, 3.63) is 48.0 Å². The van der Waals surface area contributed by atoms with E-state index in [1.54, 1.807) is 6.08 Å². The Morgan fingerprint density at radius 1 is 1.35 bits per heavy atom. The number of fused-ring (bicyclic) bond motifs is 1. The van der Waals surface area contributed by atoms with Crippen LogP contribution in [0.5, 0.6) is 0 Å². The number of hydrogen-bond acceptors (Lipinski definition) is 5. The van der Waals surface area contributed by atoms with Gasteiger partial charge in [0.05, 0.1) is 24.3 Å². The molecule has 2 aliphatic carbocycles. The average molecular weight is 359 g/mol. The first-order valence-electron chi connectivity index (χ1n) is 9.03. The summed E-state index contributed by atoms with van der Waals surface area (Å²) in [5, 5.41) is 33.2. The lowest BCUT2D eigenvalue weighted by Gasteiger charge is -2.33. The Balaban J connectivity index is 1.48. The molecule has 3 N–H and O–H groups in total. The molecule has 0 amide bonds. The monoisotopic (exact) mass is 359 g/mol. The largest absolute Gasteiger partial charge is 0.481 e. The Hall–Kier alpha value is -2.18. The average Bonchev–Trinajstić information content (AvgIpc) is 2.84. The first kappa shape index (κ1) is 18.6. The number of aliphatic hydroxyl groups is 2. The number of benzene rings is 1. The van der Waals surface area contributed by atoms with Crippen molar-refractivity contribution in [3.63, 3.8) is 0 Å². The molecule has 1 aromatic rings. The van der Waals surface area contributed by atoms with Crippen LogP contribution in [0, 0.1) is 17.8 Å². The number of carboxylic acid groups (broad SMARTS) is 1. The Labute approximate surface area is 152 Å². The molecular formula is C20H25NO5. The van der Waals surface area contributed by atoms with E-state index in [-0.39, 0.29) is 30.8 Å². The second-order valence-electron chi connectivity index (χ2n) is 7.07. The van der Waals surface area contributed by atoms with E-state index in [0.29, 0.717) is 12.8 Å². The van der Waals surface area contributed by atoms with E-state index in [4.69, 9.17) is 9.94 Å². The highest BCUT2D eigenvalue weighted by molar-refractivity contribution is 5.93. The molecule has 0 aliphatic heterocycles. The van der Waals surface area contributed by atoms with E-state index in [0.717, 1.165) is 17.7 Å². The van der Waals surface area contributed by atoms with Gasteiger partial charge >= 0.3 is 5.97 Å². The highest BCUT2D eigenvalue weighted by Gasteiger charge is 2.51. The molecule has 2 saturated carbocycles. The first-order chi connectivity index (χ1) is 12.5. The predicted octanol–water partition coefficient (Wildman–Crippen LogP) is 2.01. The second-order valence-corrected chi connectivity index (χ2v) is 7.07. The summed E-state index contributed by atoms with van der Waals surface area (Å²) < 4.78 is 0. The van der Waals surface area contributed by atoms with Crippen LogP contribution in [0.15, 0.2) is 47.6 Å². The highest BCUT2D eigenvalue weighted by Crippen LogP contribution is 2.48. The van der Waals surface area contributed by atoms with E-state index >= 15 is 0 Å². The summed E-state index contributed by atoms with van der Waals surface area (Å²) in [6, 6.07) is 9.80. The van der Waals surface area contributed by atoms with Crippen molar-refractivity contribution < 1.29 is 25.0 Å².